The van der Waals surface area contributed by atoms with Gasteiger partial charge in [-0.3, -0.25) is 10.1 Å². The molecule has 1 saturated heterocycles. The number of likely N-dealkylation sites (N-methyl/N-ethyl adjacent to an activating group) is 1. The molecule has 0 amide bonds. The topological polar surface area (TPSA) is 88.7 Å². The van der Waals surface area contributed by atoms with Gasteiger partial charge in [0.25, 0.3) is 5.69 Å². The Morgan fingerprint density at radius 3 is 2.70 bits per heavy atom. The highest BCUT2D eigenvalue weighted by Gasteiger charge is 2.58. The third-order valence-corrected chi connectivity index (χ3v) is 9.99. The van der Waals surface area contributed by atoms with E-state index in [2.05, 4.69) is 39.2 Å². The fourth-order valence-electron chi connectivity index (χ4n) is 6.51. The van der Waals surface area contributed by atoms with Gasteiger partial charge < -0.3 is 20.0 Å². The summed E-state index contributed by atoms with van der Waals surface area (Å²) in [5, 5.41) is 25.1. The molecule has 3 atom stereocenters. The summed E-state index contributed by atoms with van der Waals surface area (Å²) < 4.78 is 0. The lowest BCUT2D eigenvalue weighted by Crippen LogP contribution is -2.48. The van der Waals surface area contributed by atoms with Gasteiger partial charge in [0.2, 0.25) is 0 Å². The normalized spacial score (nSPS) is 24.6. The van der Waals surface area contributed by atoms with E-state index in [-0.39, 0.29) is 32.9 Å². The SMILES string of the molecule is CN1CCN(CCCN(C(=S)Nc2cc(Cl)c(Cl)cc2[N+](=O)[O-])C2CC[C@]3(c4cccc(C#N)c4)CC3C2)CC1. The molecule has 2 aromatic rings. The fraction of sp³-hybridized carbons (Fsp3) is 0.517. The lowest BCUT2D eigenvalue weighted by molar-refractivity contribution is -0.383. The van der Waals surface area contributed by atoms with E-state index in [1.807, 2.05) is 18.2 Å². The number of fused-ring (bicyclic) bond motifs is 1. The van der Waals surface area contributed by atoms with Gasteiger partial charge in [-0.2, -0.15) is 5.26 Å². The van der Waals surface area contributed by atoms with Gasteiger partial charge in [0, 0.05) is 44.8 Å². The van der Waals surface area contributed by atoms with Gasteiger partial charge >= 0.3 is 0 Å². The van der Waals surface area contributed by atoms with Crippen LogP contribution < -0.4 is 5.32 Å². The van der Waals surface area contributed by atoms with Crippen LogP contribution in [0.1, 0.15) is 43.2 Å². The monoisotopic (exact) mass is 600 g/mol. The molecule has 40 heavy (non-hydrogen) atoms. The number of nitro benzene ring substituents is 1. The van der Waals surface area contributed by atoms with Crippen LogP contribution in [0.5, 0.6) is 0 Å². The third-order valence-electron chi connectivity index (χ3n) is 8.93. The van der Waals surface area contributed by atoms with Crippen molar-refractivity contribution in [3.05, 3.63) is 67.7 Å². The van der Waals surface area contributed by atoms with Crippen molar-refractivity contribution in [2.45, 2.75) is 43.6 Å². The number of piperazine rings is 1. The maximum absolute atomic E-state index is 11.8. The average molecular weight is 602 g/mol. The maximum atomic E-state index is 11.8. The fourth-order valence-corrected chi connectivity index (χ4v) is 7.18. The van der Waals surface area contributed by atoms with Crippen molar-refractivity contribution in [1.82, 2.24) is 14.7 Å². The molecule has 0 bridgehead atoms. The Labute approximate surface area is 251 Å². The first-order chi connectivity index (χ1) is 19.2. The van der Waals surface area contributed by atoms with Gasteiger partial charge in [0.1, 0.15) is 5.69 Å². The molecule has 2 unspecified atom stereocenters. The minimum atomic E-state index is -0.473. The number of benzene rings is 2. The van der Waals surface area contributed by atoms with Crippen molar-refractivity contribution < 1.29 is 4.92 Å². The summed E-state index contributed by atoms with van der Waals surface area (Å²) in [7, 11) is 2.16. The summed E-state index contributed by atoms with van der Waals surface area (Å²) in [6, 6.07) is 13.3. The van der Waals surface area contributed by atoms with E-state index in [0.717, 1.165) is 71.4 Å². The van der Waals surface area contributed by atoms with Crippen molar-refractivity contribution in [1.29, 1.82) is 5.26 Å². The van der Waals surface area contributed by atoms with Crippen molar-refractivity contribution in [2.75, 3.05) is 51.6 Å². The number of nitriles is 1. The molecule has 2 saturated carbocycles. The van der Waals surface area contributed by atoms with Crippen molar-refractivity contribution >= 4 is 51.9 Å². The summed E-state index contributed by atoms with van der Waals surface area (Å²) in [5.74, 6) is 0.530. The molecule has 11 heteroatoms. The van der Waals surface area contributed by atoms with Crippen molar-refractivity contribution in [3.8, 4) is 6.07 Å². The zero-order valence-electron chi connectivity index (χ0n) is 22.6. The first-order valence-corrected chi connectivity index (χ1v) is 15.0. The number of anilines is 1. The molecule has 8 nitrogen and oxygen atoms in total. The number of hydrogen-bond donors (Lipinski definition) is 1. The maximum Gasteiger partial charge on any atom is 0.294 e. The average Bonchev–Trinajstić information content (AvgIpc) is 3.69. The molecule has 2 aliphatic carbocycles. The van der Waals surface area contributed by atoms with Gasteiger partial charge in [-0.1, -0.05) is 35.3 Å². The molecule has 3 aliphatic rings. The standard InChI is InChI=1S/C29H34Cl2N6O2S/c1-34-10-12-35(13-11-34)8-3-9-36(28(40)33-26-16-24(30)25(31)17-27(26)37(38)39)23-6-7-29(18-22(29)15-23)21-5-2-4-20(14-21)19-32/h2,4-5,14,16-17,22-23H,3,6-13,15,18H2,1H3,(H,33,40)/t22?,23?,29-/m1/s1. The van der Waals surface area contributed by atoms with E-state index in [9.17, 15) is 15.4 Å². The highest BCUT2D eigenvalue weighted by atomic mass is 35.5. The number of nitrogens with zero attached hydrogens (tertiary/aromatic N) is 5. The van der Waals surface area contributed by atoms with Crippen molar-refractivity contribution in [2.24, 2.45) is 5.92 Å². The molecule has 212 valence electrons. The molecule has 1 aliphatic heterocycles. The molecule has 5 rings (SSSR count). The van der Waals surface area contributed by atoms with Crippen LogP contribution in [0, 0.1) is 27.4 Å². The van der Waals surface area contributed by atoms with Gasteiger partial charge in [0.05, 0.1) is 26.6 Å². The summed E-state index contributed by atoms with van der Waals surface area (Å²) in [4.78, 5) is 18.4. The number of rotatable bonds is 8. The molecule has 0 aromatic heterocycles. The highest BCUT2D eigenvalue weighted by molar-refractivity contribution is 7.80. The Kier molecular flexibility index (Phi) is 8.83. The highest BCUT2D eigenvalue weighted by Crippen LogP contribution is 2.63. The Morgan fingerprint density at radius 1 is 1.25 bits per heavy atom. The van der Waals surface area contributed by atoms with Gasteiger partial charge in [-0.25, -0.2) is 0 Å². The number of thiocarbonyl (C=S) groups is 1. The van der Waals surface area contributed by atoms with Crippen molar-refractivity contribution in [3.63, 3.8) is 0 Å². The van der Waals surface area contributed by atoms with Gasteiger partial charge in [-0.15, -0.1) is 0 Å². The Hall–Kier alpha value is -2.48. The van der Waals surface area contributed by atoms with Gasteiger partial charge in [-0.05, 0) is 93.0 Å². The minimum Gasteiger partial charge on any atom is -0.346 e. The Morgan fingerprint density at radius 2 is 2.00 bits per heavy atom. The summed E-state index contributed by atoms with van der Waals surface area (Å²) in [6.45, 7) is 6.02. The number of nitrogens with one attached hydrogen (secondary N) is 1. The van der Waals surface area contributed by atoms with Crippen LogP contribution in [-0.4, -0.2) is 77.1 Å². The molecular weight excluding hydrogens is 567 g/mol. The first-order valence-electron chi connectivity index (χ1n) is 13.8. The Bertz CT molecular complexity index is 1330. The Balaban J connectivity index is 1.31. The predicted octanol–water partition coefficient (Wildman–Crippen LogP) is 5.92. The number of hydrogen-bond acceptors (Lipinski definition) is 6. The van der Waals surface area contributed by atoms with Crippen LogP contribution in [0.3, 0.4) is 0 Å². The predicted molar refractivity (Wildman–Crippen MR) is 163 cm³/mol. The van der Waals surface area contributed by atoms with Crippen LogP contribution in [0.15, 0.2) is 36.4 Å². The zero-order valence-corrected chi connectivity index (χ0v) is 24.9. The summed E-state index contributed by atoms with van der Waals surface area (Å²) >= 11 is 18.2. The van der Waals surface area contributed by atoms with E-state index < -0.39 is 4.92 Å². The third kappa shape index (κ3) is 6.22. The molecule has 0 spiro atoms. The van der Waals surface area contributed by atoms with E-state index in [0.29, 0.717) is 16.6 Å². The largest absolute Gasteiger partial charge is 0.346 e. The second kappa shape index (κ2) is 12.2. The van der Waals surface area contributed by atoms with E-state index in [4.69, 9.17) is 35.4 Å². The minimum absolute atomic E-state index is 0.131. The van der Waals surface area contributed by atoms with Gasteiger partial charge in [0.15, 0.2) is 5.11 Å². The van der Waals surface area contributed by atoms with Crippen LogP contribution in [-0.2, 0) is 5.41 Å². The molecule has 0 radical (unpaired) electrons. The van der Waals surface area contributed by atoms with E-state index >= 15 is 0 Å². The number of halogens is 2. The molecule has 3 fully saturated rings. The molecule has 2 aromatic carbocycles. The smallest absolute Gasteiger partial charge is 0.294 e. The van der Waals surface area contributed by atoms with Crippen LogP contribution in [0.25, 0.3) is 0 Å². The van der Waals surface area contributed by atoms with E-state index in [1.54, 1.807) is 0 Å². The summed E-state index contributed by atoms with van der Waals surface area (Å²) in [6.07, 6.45) is 5.06. The second-order valence-electron chi connectivity index (χ2n) is 11.3. The lowest BCUT2D eigenvalue weighted by Gasteiger charge is -2.39. The zero-order chi connectivity index (χ0) is 28.4. The molecule has 1 heterocycles. The van der Waals surface area contributed by atoms with E-state index in [1.165, 1.54) is 17.7 Å². The van der Waals surface area contributed by atoms with Crippen LogP contribution in [0.2, 0.25) is 10.0 Å². The van der Waals surface area contributed by atoms with Crippen LogP contribution in [0.4, 0.5) is 11.4 Å². The second-order valence-corrected chi connectivity index (χ2v) is 12.5. The lowest BCUT2D eigenvalue weighted by atomic mass is 9.80. The first kappa shape index (κ1) is 29.0. The quantitative estimate of drug-likeness (QED) is 0.227. The number of nitro groups is 1. The summed E-state index contributed by atoms with van der Waals surface area (Å²) in [5.41, 5.74) is 2.21. The van der Waals surface area contributed by atoms with Crippen LogP contribution >= 0.6 is 35.4 Å². The molecule has 1 N–H and O–H groups in total. The molecular formula is C29H34Cl2N6O2S.